The van der Waals surface area contributed by atoms with Crippen molar-refractivity contribution in [3.63, 3.8) is 0 Å². The van der Waals surface area contributed by atoms with Crippen molar-refractivity contribution in [1.29, 1.82) is 0 Å². The van der Waals surface area contributed by atoms with Crippen LogP contribution in [-0.4, -0.2) is 17.0 Å². The third-order valence-corrected chi connectivity index (χ3v) is 2.79. The van der Waals surface area contributed by atoms with Gasteiger partial charge in [0.2, 0.25) is 0 Å². The van der Waals surface area contributed by atoms with Crippen molar-refractivity contribution in [2.75, 3.05) is 5.75 Å². The molecule has 0 radical (unpaired) electrons. The molecule has 0 amide bonds. The molecule has 1 atom stereocenters. The molecule has 0 aliphatic heterocycles. The van der Waals surface area contributed by atoms with Crippen LogP contribution in [0, 0.1) is 0 Å². The minimum absolute atomic E-state index is 0.381. The molecule has 0 fully saturated rings. The summed E-state index contributed by atoms with van der Waals surface area (Å²) in [6, 6.07) is 10.2. The second-order valence-corrected chi connectivity index (χ2v) is 3.83. The van der Waals surface area contributed by atoms with E-state index in [2.05, 4.69) is 18.7 Å². The molecule has 1 rings (SSSR count). The van der Waals surface area contributed by atoms with E-state index < -0.39 is 0 Å². The summed E-state index contributed by atoms with van der Waals surface area (Å²) in [5.41, 5.74) is 1.30. The summed E-state index contributed by atoms with van der Waals surface area (Å²) in [5.74, 6) is 1.67. The van der Waals surface area contributed by atoms with E-state index in [0.29, 0.717) is 0 Å². The van der Waals surface area contributed by atoms with Crippen LogP contribution in [0.1, 0.15) is 5.56 Å². The highest BCUT2D eigenvalue weighted by atomic mass is 32.2. The fraction of sp³-hybridized carbons (Fsp3) is 0.273. The fourth-order valence-corrected chi connectivity index (χ4v) is 1.86. The summed E-state index contributed by atoms with van der Waals surface area (Å²) in [6.07, 6.45) is 1.19. The molecule has 0 saturated heterocycles. The van der Waals surface area contributed by atoms with Crippen molar-refractivity contribution in [3.8, 4) is 0 Å². The lowest BCUT2D eigenvalue weighted by Crippen LogP contribution is -2.04. The van der Waals surface area contributed by atoms with Gasteiger partial charge in [-0.1, -0.05) is 36.4 Å². The average molecular weight is 194 g/mol. The first kappa shape index (κ1) is 10.4. The standard InChI is InChI=1S/C11H14OS/c1-2-11(12)9-13-8-10-6-4-3-5-7-10/h2-7,11-12H,1,8-9H2/t11-/m1/s1. The van der Waals surface area contributed by atoms with E-state index in [1.807, 2.05) is 18.2 Å². The molecule has 0 unspecified atom stereocenters. The predicted molar refractivity (Wildman–Crippen MR) is 58.8 cm³/mol. The van der Waals surface area contributed by atoms with E-state index in [1.165, 1.54) is 5.56 Å². The fourth-order valence-electron chi connectivity index (χ4n) is 0.940. The first-order chi connectivity index (χ1) is 6.33. The van der Waals surface area contributed by atoms with Gasteiger partial charge in [-0.25, -0.2) is 0 Å². The molecule has 1 N–H and O–H groups in total. The monoisotopic (exact) mass is 194 g/mol. The van der Waals surface area contributed by atoms with Gasteiger partial charge in [-0.05, 0) is 5.56 Å². The van der Waals surface area contributed by atoms with Crippen LogP contribution < -0.4 is 0 Å². The molecule has 0 aromatic heterocycles. The zero-order chi connectivity index (χ0) is 9.52. The highest BCUT2D eigenvalue weighted by Crippen LogP contribution is 2.12. The van der Waals surface area contributed by atoms with Gasteiger partial charge in [0.25, 0.3) is 0 Å². The van der Waals surface area contributed by atoms with E-state index in [1.54, 1.807) is 17.8 Å². The van der Waals surface area contributed by atoms with Crippen molar-refractivity contribution >= 4 is 11.8 Å². The van der Waals surface area contributed by atoms with Gasteiger partial charge >= 0.3 is 0 Å². The van der Waals surface area contributed by atoms with Crippen LogP contribution in [0.2, 0.25) is 0 Å². The van der Waals surface area contributed by atoms with E-state index >= 15 is 0 Å². The van der Waals surface area contributed by atoms with Crippen LogP contribution in [0.3, 0.4) is 0 Å². The number of benzene rings is 1. The average Bonchev–Trinajstić information content (AvgIpc) is 2.19. The third kappa shape index (κ3) is 4.15. The topological polar surface area (TPSA) is 20.2 Å². The SMILES string of the molecule is C=C[C@@H](O)CSCc1ccccc1. The third-order valence-electron chi connectivity index (χ3n) is 1.67. The molecule has 2 heteroatoms. The Morgan fingerprint density at radius 3 is 2.69 bits per heavy atom. The largest absolute Gasteiger partial charge is 0.388 e. The second-order valence-electron chi connectivity index (χ2n) is 2.80. The van der Waals surface area contributed by atoms with Gasteiger partial charge in [0, 0.05) is 11.5 Å². The molecule has 0 aliphatic rings. The molecule has 70 valence electrons. The Morgan fingerprint density at radius 2 is 2.08 bits per heavy atom. The Bertz CT molecular complexity index is 246. The van der Waals surface area contributed by atoms with E-state index in [4.69, 9.17) is 0 Å². The predicted octanol–water partition coefficient (Wildman–Crippen LogP) is 2.47. The Balaban J connectivity index is 2.24. The van der Waals surface area contributed by atoms with Gasteiger partial charge in [0.05, 0.1) is 6.10 Å². The molecule has 1 aromatic rings. The van der Waals surface area contributed by atoms with Crippen molar-refractivity contribution < 1.29 is 5.11 Å². The van der Waals surface area contributed by atoms with Crippen LogP contribution in [0.4, 0.5) is 0 Å². The zero-order valence-corrected chi connectivity index (χ0v) is 8.33. The molecular formula is C11H14OS. The lowest BCUT2D eigenvalue weighted by Gasteiger charge is -2.04. The van der Waals surface area contributed by atoms with E-state index in [-0.39, 0.29) is 6.10 Å². The normalized spacial score (nSPS) is 12.4. The second kappa shape index (κ2) is 5.84. The number of rotatable bonds is 5. The zero-order valence-electron chi connectivity index (χ0n) is 7.52. The van der Waals surface area contributed by atoms with Crippen LogP contribution in [0.15, 0.2) is 43.0 Å². The molecule has 1 aromatic carbocycles. The lowest BCUT2D eigenvalue weighted by molar-refractivity contribution is 0.249. The number of hydrogen-bond donors (Lipinski definition) is 1. The molecule has 0 saturated carbocycles. The summed E-state index contributed by atoms with van der Waals surface area (Å²) in [4.78, 5) is 0. The minimum Gasteiger partial charge on any atom is -0.388 e. The summed E-state index contributed by atoms with van der Waals surface area (Å²) in [7, 11) is 0. The Morgan fingerprint density at radius 1 is 1.38 bits per heavy atom. The Hall–Kier alpha value is -0.730. The van der Waals surface area contributed by atoms with Crippen molar-refractivity contribution in [2.45, 2.75) is 11.9 Å². The molecular weight excluding hydrogens is 180 g/mol. The van der Waals surface area contributed by atoms with Crippen LogP contribution >= 0.6 is 11.8 Å². The smallest absolute Gasteiger partial charge is 0.0808 e. The summed E-state index contributed by atoms with van der Waals surface area (Å²) in [6.45, 7) is 3.52. The summed E-state index contributed by atoms with van der Waals surface area (Å²) < 4.78 is 0. The molecule has 13 heavy (non-hydrogen) atoms. The van der Waals surface area contributed by atoms with Crippen LogP contribution in [0.5, 0.6) is 0 Å². The first-order valence-electron chi connectivity index (χ1n) is 4.25. The van der Waals surface area contributed by atoms with Gasteiger partial charge < -0.3 is 5.11 Å². The van der Waals surface area contributed by atoms with Gasteiger partial charge in [0.15, 0.2) is 0 Å². The maximum atomic E-state index is 9.20. The number of thioether (sulfide) groups is 1. The maximum absolute atomic E-state index is 9.20. The van der Waals surface area contributed by atoms with Gasteiger partial charge in [0.1, 0.15) is 0 Å². The van der Waals surface area contributed by atoms with Gasteiger partial charge in [-0.15, -0.1) is 6.58 Å². The Labute approximate surface area is 83.5 Å². The van der Waals surface area contributed by atoms with Crippen LogP contribution in [-0.2, 0) is 5.75 Å². The maximum Gasteiger partial charge on any atom is 0.0808 e. The van der Waals surface area contributed by atoms with Gasteiger partial charge in [-0.3, -0.25) is 0 Å². The molecule has 1 nitrogen and oxygen atoms in total. The van der Waals surface area contributed by atoms with E-state index in [0.717, 1.165) is 11.5 Å². The summed E-state index contributed by atoms with van der Waals surface area (Å²) in [5, 5.41) is 9.20. The highest BCUT2D eigenvalue weighted by molar-refractivity contribution is 7.98. The first-order valence-corrected chi connectivity index (χ1v) is 5.40. The van der Waals surface area contributed by atoms with E-state index in [9.17, 15) is 5.11 Å². The van der Waals surface area contributed by atoms with Crippen molar-refractivity contribution in [2.24, 2.45) is 0 Å². The van der Waals surface area contributed by atoms with Crippen molar-refractivity contribution in [3.05, 3.63) is 48.6 Å². The summed E-state index contributed by atoms with van der Waals surface area (Å²) >= 11 is 1.72. The minimum atomic E-state index is -0.381. The lowest BCUT2D eigenvalue weighted by atomic mass is 10.2. The highest BCUT2D eigenvalue weighted by Gasteiger charge is 1.98. The molecule has 0 aliphatic carbocycles. The molecule has 0 heterocycles. The Kier molecular flexibility index (Phi) is 4.65. The van der Waals surface area contributed by atoms with Gasteiger partial charge in [-0.2, -0.15) is 11.8 Å². The molecule has 0 bridgehead atoms. The quantitative estimate of drug-likeness (QED) is 0.727. The number of aliphatic hydroxyl groups excluding tert-OH is 1. The van der Waals surface area contributed by atoms with Crippen molar-refractivity contribution in [1.82, 2.24) is 0 Å². The number of hydrogen-bond acceptors (Lipinski definition) is 2. The number of aliphatic hydroxyl groups is 1. The molecule has 0 spiro atoms. The van der Waals surface area contributed by atoms with Crippen LogP contribution in [0.25, 0.3) is 0 Å².